The molecule has 0 aromatic rings. The van der Waals surface area contributed by atoms with Gasteiger partial charge in [-0.15, -0.1) is 0 Å². The van der Waals surface area contributed by atoms with Crippen LogP contribution >= 0.6 is 12.6 Å². The Balaban J connectivity index is 5.02. The fourth-order valence-corrected chi connectivity index (χ4v) is 3.18. The third-order valence-corrected chi connectivity index (χ3v) is 5.29. The van der Waals surface area contributed by atoms with Crippen LogP contribution in [0.25, 0.3) is 0 Å². The van der Waals surface area contributed by atoms with E-state index in [4.69, 9.17) is 22.9 Å². The monoisotopic (exact) mass is 504 g/mol. The third-order valence-electron chi connectivity index (χ3n) is 4.93. The zero-order valence-corrected chi connectivity index (χ0v) is 20.7. The molecule has 0 saturated carbocycles. The zero-order valence-electron chi connectivity index (χ0n) is 19.8. The molecule has 12 N–H and O–H groups in total. The Labute approximate surface area is 205 Å². The van der Waals surface area contributed by atoms with Crippen LogP contribution in [0.15, 0.2) is 4.99 Å². The summed E-state index contributed by atoms with van der Waals surface area (Å²) in [4.78, 5) is 53.1. The lowest BCUT2D eigenvalue weighted by Crippen LogP contribution is -2.58. The second-order valence-corrected chi connectivity index (χ2v) is 8.58. The Hall–Kier alpha value is -2.58. The number of carbonyl (C=O) groups excluding carboxylic acids is 3. The van der Waals surface area contributed by atoms with E-state index in [1.807, 2.05) is 0 Å². The van der Waals surface area contributed by atoms with E-state index < -0.39 is 47.9 Å². The number of thiol groups is 1. The fraction of sp³-hybridized carbons (Fsp3) is 0.750. The van der Waals surface area contributed by atoms with Crippen molar-refractivity contribution in [3.63, 3.8) is 0 Å². The van der Waals surface area contributed by atoms with E-state index in [0.717, 1.165) is 0 Å². The van der Waals surface area contributed by atoms with Crippen LogP contribution in [0.5, 0.6) is 0 Å². The molecule has 0 aromatic carbocycles. The van der Waals surface area contributed by atoms with Crippen LogP contribution in [0.2, 0.25) is 0 Å². The molecule has 14 heteroatoms. The summed E-state index contributed by atoms with van der Waals surface area (Å²) in [5.74, 6) is -3.46. The van der Waals surface area contributed by atoms with Gasteiger partial charge in [-0.25, -0.2) is 4.79 Å². The van der Waals surface area contributed by atoms with Crippen LogP contribution in [0, 0.1) is 5.92 Å². The van der Waals surface area contributed by atoms with E-state index in [1.165, 1.54) is 0 Å². The second-order valence-electron chi connectivity index (χ2n) is 8.21. The van der Waals surface area contributed by atoms with Crippen molar-refractivity contribution in [2.45, 2.75) is 70.1 Å². The summed E-state index contributed by atoms with van der Waals surface area (Å²) in [6, 6.07) is -4.06. The second kappa shape index (κ2) is 16.9. The molecular formula is C20H40N8O5S. The number of nitrogens with one attached hydrogen (secondary N) is 3. The van der Waals surface area contributed by atoms with Gasteiger partial charge in [0.05, 0.1) is 6.04 Å². The van der Waals surface area contributed by atoms with E-state index in [9.17, 15) is 24.3 Å². The topological polar surface area (TPSA) is 241 Å². The lowest BCUT2D eigenvalue weighted by Gasteiger charge is -2.26. The quantitative estimate of drug-likeness (QED) is 0.0444. The van der Waals surface area contributed by atoms with Crippen molar-refractivity contribution in [3.8, 4) is 0 Å². The third kappa shape index (κ3) is 12.6. The van der Waals surface area contributed by atoms with E-state index in [2.05, 4.69) is 33.6 Å². The first-order valence-electron chi connectivity index (χ1n) is 11.2. The average Bonchev–Trinajstić information content (AvgIpc) is 2.76. The van der Waals surface area contributed by atoms with Crippen LogP contribution in [0.3, 0.4) is 0 Å². The number of carboxylic acid groups (broad SMARTS) is 1. The number of guanidine groups is 1. The molecule has 0 saturated heterocycles. The number of aliphatic carboxylic acids is 1. The number of nitrogens with zero attached hydrogens (tertiary/aromatic N) is 1. The van der Waals surface area contributed by atoms with E-state index in [-0.39, 0.29) is 24.1 Å². The highest BCUT2D eigenvalue weighted by Crippen LogP contribution is 2.06. The Bertz CT molecular complexity index is 702. The van der Waals surface area contributed by atoms with Crippen molar-refractivity contribution in [1.29, 1.82) is 0 Å². The molecule has 0 fully saturated rings. The molecule has 0 spiro atoms. The molecule has 0 aliphatic carbocycles. The number of rotatable bonds is 17. The molecule has 0 radical (unpaired) electrons. The summed E-state index contributed by atoms with van der Waals surface area (Å²) < 4.78 is 0. The van der Waals surface area contributed by atoms with Gasteiger partial charge in [0.2, 0.25) is 17.7 Å². The lowest BCUT2D eigenvalue weighted by atomic mass is 10.0. The number of hydrogen-bond donors (Lipinski definition) is 9. The fourth-order valence-electron chi connectivity index (χ4n) is 2.92. The first kappa shape index (κ1) is 31.4. The summed E-state index contributed by atoms with van der Waals surface area (Å²) in [6.07, 6.45) is 2.13. The lowest BCUT2D eigenvalue weighted by molar-refractivity contribution is -0.142. The highest BCUT2D eigenvalue weighted by atomic mass is 32.1. The Morgan fingerprint density at radius 3 is 2.03 bits per heavy atom. The maximum atomic E-state index is 12.8. The van der Waals surface area contributed by atoms with Gasteiger partial charge in [0.15, 0.2) is 5.96 Å². The molecule has 4 atom stereocenters. The van der Waals surface area contributed by atoms with Gasteiger partial charge in [-0.3, -0.25) is 19.4 Å². The first-order chi connectivity index (χ1) is 15.9. The Morgan fingerprint density at radius 2 is 1.53 bits per heavy atom. The number of carboxylic acids is 1. The molecule has 0 aliphatic rings. The largest absolute Gasteiger partial charge is 0.480 e. The molecule has 0 aliphatic heterocycles. The maximum absolute atomic E-state index is 12.8. The van der Waals surface area contributed by atoms with Crippen molar-refractivity contribution in [2.24, 2.45) is 33.8 Å². The summed E-state index contributed by atoms with van der Waals surface area (Å²) >= 11 is 4.10. The highest BCUT2D eigenvalue weighted by Gasteiger charge is 2.31. The molecule has 0 rings (SSSR count). The van der Waals surface area contributed by atoms with E-state index in [1.54, 1.807) is 13.8 Å². The van der Waals surface area contributed by atoms with Gasteiger partial charge in [0.25, 0.3) is 0 Å². The standard InChI is InChI=1S/C20H40N8O5S/c1-11(2)15(28-16(29)12(22)6-5-9-25-20(23)24)18(31)27-14(10-34)17(30)26-13(19(32)33)7-3-4-8-21/h11-15,34H,3-10,21-22H2,1-2H3,(H,26,30)(H,27,31)(H,28,29)(H,32,33)(H4,23,24,25). The smallest absolute Gasteiger partial charge is 0.326 e. The number of carbonyl (C=O) groups is 4. The predicted octanol–water partition coefficient (Wildman–Crippen LogP) is -2.38. The van der Waals surface area contributed by atoms with Gasteiger partial charge in [-0.1, -0.05) is 13.8 Å². The van der Waals surface area contributed by atoms with Crippen molar-refractivity contribution < 1.29 is 24.3 Å². The number of unbranched alkanes of at least 4 members (excludes halogenated alkanes) is 1. The minimum atomic E-state index is -1.18. The number of aliphatic imine (C=N–C) groups is 1. The Kier molecular flexibility index (Phi) is 15.7. The normalized spacial score (nSPS) is 14.4. The van der Waals surface area contributed by atoms with Crippen LogP contribution in [0.4, 0.5) is 0 Å². The summed E-state index contributed by atoms with van der Waals surface area (Å²) in [5, 5.41) is 16.9. The number of nitrogens with two attached hydrogens (primary N) is 4. The molecule has 0 bridgehead atoms. The average molecular weight is 505 g/mol. The van der Waals surface area contributed by atoms with Crippen LogP contribution in [-0.4, -0.2) is 77.8 Å². The predicted molar refractivity (Wildman–Crippen MR) is 133 cm³/mol. The molecule has 0 aromatic heterocycles. The van der Waals surface area contributed by atoms with Gasteiger partial charge in [-0.2, -0.15) is 12.6 Å². The van der Waals surface area contributed by atoms with Gasteiger partial charge >= 0.3 is 5.97 Å². The molecule has 13 nitrogen and oxygen atoms in total. The molecule has 3 amide bonds. The van der Waals surface area contributed by atoms with Crippen molar-refractivity contribution in [3.05, 3.63) is 0 Å². The maximum Gasteiger partial charge on any atom is 0.326 e. The molecule has 34 heavy (non-hydrogen) atoms. The molecular weight excluding hydrogens is 464 g/mol. The van der Waals surface area contributed by atoms with Crippen molar-refractivity contribution >= 4 is 42.3 Å². The Morgan fingerprint density at radius 1 is 0.912 bits per heavy atom. The van der Waals surface area contributed by atoms with Crippen molar-refractivity contribution in [2.75, 3.05) is 18.8 Å². The summed E-state index contributed by atoms with van der Waals surface area (Å²) in [6.45, 7) is 4.18. The van der Waals surface area contributed by atoms with Crippen LogP contribution in [0.1, 0.15) is 46.0 Å². The van der Waals surface area contributed by atoms with E-state index in [0.29, 0.717) is 38.8 Å². The van der Waals surface area contributed by atoms with Gasteiger partial charge < -0.3 is 44.0 Å². The molecule has 4 unspecified atom stereocenters. The summed E-state index contributed by atoms with van der Waals surface area (Å²) in [7, 11) is 0. The number of hydrogen-bond acceptors (Lipinski definition) is 8. The van der Waals surface area contributed by atoms with Crippen molar-refractivity contribution in [1.82, 2.24) is 16.0 Å². The SMILES string of the molecule is CC(C)C(NC(=O)C(N)CCCN=C(N)N)C(=O)NC(CS)C(=O)NC(CCCCN)C(=O)O. The minimum absolute atomic E-state index is 0.0532. The zero-order chi connectivity index (χ0) is 26.3. The van der Waals surface area contributed by atoms with Crippen LogP contribution in [-0.2, 0) is 19.2 Å². The summed E-state index contributed by atoms with van der Waals surface area (Å²) in [5.41, 5.74) is 21.8. The highest BCUT2D eigenvalue weighted by molar-refractivity contribution is 7.80. The van der Waals surface area contributed by atoms with Gasteiger partial charge in [0, 0.05) is 12.3 Å². The minimum Gasteiger partial charge on any atom is -0.480 e. The van der Waals surface area contributed by atoms with Gasteiger partial charge in [-0.05, 0) is 44.6 Å². The molecule has 196 valence electrons. The van der Waals surface area contributed by atoms with E-state index >= 15 is 0 Å². The number of amides is 3. The van der Waals surface area contributed by atoms with Crippen LogP contribution < -0.4 is 38.9 Å². The molecule has 0 heterocycles. The first-order valence-corrected chi connectivity index (χ1v) is 11.8. The van der Waals surface area contributed by atoms with Gasteiger partial charge in [0.1, 0.15) is 18.1 Å².